The fourth-order valence-electron chi connectivity index (χ4n) is 2.31. The molecule has 1 aliphatic rings. The Labute approximate surface area is 97.0 Å². The summed E-state index contributed by atoms with van der Waals surface area (Å²) in [5.74, 6) is 2.34. The molecule has 0 bridgehead atoms. The third-order valence-corrected chi connectivity index (χ3v) is 3.22. The van der Waals surface area contributed by atoms with Crippen molar-refractivity contribution in [2.24, 2.45) is 0 Å². The lowest BCUT2D eigenvalue weighted by atomic mass is 9.98. The number of hydrogen-bond acceptors (Lipinski definition) is 4. The van der Waals surface area contributed by atoms with Crippen molar-refractivity contribution in [3.63, 3.8) is 0 Å². The second-order valence-electron chi connectivity index (χ2n) is 4.43. The van der Waals surface area contributed by atoms with Gasteiger partial charge in [0.25, 0.3) is 0 Å². The zero-order chi connectivity index (χ0) is 11.4. The van der Waals surface area contributed by atoms with E-state index in [2.05, 4.69) is 22.1 Å². The van der Waals surface area contributed by atoms with Gasteiger partial charge in [0.1, 0.15) is 5.76 Å². The Morgan fingerprint density at radius 1 is 1.62 bits per heavy atom. The van der Waals surface area contributed by atoms with Gasteiger partial charge in [0.15, 0.2) is 5.89 Å². The molecule has 0 aromatic carbocycles. The average Bonchev–Trinajstić information content (AvgIpc) is 2.78. The number of piperidine rings is 1. The molecule has 1 saturated heterocycles. The number of aromatic nitrogens is 1. The Kier molecular flexibility index (Phi) is 3.96. The number of likely N-dealkylation sites (tertiary alicyclic amines) is 1. The number of nitrogens with one attached hydrogen (secondary N) is 1. The van der Waals surface area contributed by atoms with Crippen molar-refractivity contribution in [1.29, 1.82) is 0 Å². The maximum Gasteiger partial charge on any atom is 0.198 e. The van der Waals surface area contributed by atoms with Gasteiger partial charge in [-0.25, -0.2) is 4.98 Å². The van der Waals surface area contributed by atoms with Crippen molar-refractivity contribution in [3.05, 3.63) is 17.8 Å². The highest BCUT2D eigenvalue weighted by molar-refractivity contribution is 5.01. The van der Waals surface area contributed by atoms with E-state index in [1.807, 2.05) is 13.2 Å². The van der Waals surface area contributed by atoms with Crippen molar-refractivity contribution < 1.29 is 4.42 Å². The van der Waals surface area contributed by atoms with E-state index >= 15 is 0 Å². The van der Waals surface area contributed by atoms with Crippen LogP contribution in [0.15, 0.2) is 10.6 Å². The SMILES string of the molecule is CCN1CCCC(c2ncc(CNC)o2)C1. The van der Waals surface area contributed by atoms with Crippen molar-refractivity contribution in [1.82, 2.24) is 15.2 Å². The number of rotatable bonds is 4. The van der Waals surface area contributed by atoms with Gasteiger partial charge in [-0.3, -0.25) is 0 Å². The summed E-state index contributed by atoms with van der Waals surface area (Å²) in [5.41, 5.74) is 0. The molecule has 1 atom stereocenters. The van der Waals surface area contributed by atoms with Crippen LogP contribution in [-0.2, 0) is 6.54 Å². The van der Waals surface area contributed by atoms with Crippen molar-refractivity contribution in [2.45, 2.75) is 32.2 Å². The van der Waals surface area contributed by atoms with Gasteiger partial charge >= 0.3 is 0 Å². The number of likely N-dealkylation sites (N-methyl/N-ethyl adjacent to an activating group) is 1. The summed E-state index contributed by atoms with van der Waals surface area (Å²) in [6.45, 7) is 6.41. The first-order valence-electron chi connectivity index (χ1n) is 6.15. The Morgan fingerprint density at radius 2 is 2.50 bits per heavy atom. The summed E-state index contributed by atoms with van der Waals surface area (Å²) >= 11 is 0. The molecule has 90 valence electrons. The Bertz CT molecular complexity index is 324. The van der Waals surface area contributed by atoms with E-state index in [1.165, 1.54) is 19.4 Å². The number of nitrogens with zero attached hydrogens (tertiary/aromatic N) is 2. The highest BCUT2D eigenvalue weighted by Gasteiger charge is 2.23. The summed E-state index contributed by atoms with van der Waals surface area (Å²) in [6.07, 6.45) is 4.30. The second-order valence-corrected chi connectivity index (χ2v) is 4.43. The molecule has 0 spiro atoms. The standard InChI is InChI=1S/C12H21N3O/c1-3-15-6-4-5-10(9-15)12-14-8-11(16-12)7-13-2/h8,10,13H,3-7,9H2,1-2H3. The summed E-state index contributed by atoms with van der Waals surface area (Å²) in [6, 6.07) is 0. The Morgan fingerprint density at radius 3 is 3.25 bits per heavy atom. The van der Waals surface area contributed by atoms with Gasteiger partial charge in [-0.15, -0.1) is 0 Å². The van der Waals surface area contributed by atoms with Gasteiger partial charge in [-0.05, 0) is 33.0 Å². The van der Waals surface area contributed by atoms with Gasteiger partial charge in [0, 0.05) is 12.5 Å². The van der Waals surface area contributed by atoms with Gasteiger partial charge in [-0.1, -0.05) is 6.92 Å². The smallest absolute Gasteiger partial charge is 0.198 e. The molecule has 0 aliphatic carbocycles. The zero-order valence-corrected chi connectivity index (χ0v) is 10.2. The van der Waals surface area contributed by atoms with Crippen LogP contribution in [0.3, 0.4) is 0 Å². The fourth-order valence-corrected chi connectivity index (χ4v) is 2.31. The molecule has 1 N–H and O–H groups in total. The lowest BCUT2D eigenvalue weighted by molar-refractivity contribution is 0.200. The van der Waals surface area contributed by atoms with Crippen LogP contribution < -0.4 is 5.32 Å². The van der Waals surface area contributed by atoms with E-state index in [9.17, 15) is 0 Å². The predicted octanol–water partition coefficient (Wildman–Crippen LogP) is 1.59. The maximum atomic E-state index is 5.76. The molecular weight excluding hydrogens is 202 g/mol. The zero-order valence-electron chi connectivity index (χ0n) is 10.2. The van der Waals surface area contributed by atoms with Crippen molar-refractivity contribution in [3.8, 4) is 0 Å². The molecule has 2 heterocycles. The van der Waals surface area contributed by atoms with Gasteiger partial charge in [0.2, 0.25) is 0 Å². The van der Waals surface area contributed by atoms with Gasteiger partial charge in [0.05, 0.1) is 12.7 Å². The third kappa shape index (κ3) is 2.62. The number of hydrogen-bond donors (Lipinski definition) is 1. The van der Waals surface area contributed by atoms with Crippen LogP contribution in [-0.4, -0.2) is 36.6 Å². The molecule has 1 aromatic heterocycles. The number of oxazole rings is 1. The van der Waals surface area contributed by atoms with Crippen LogP contribution in [0.1, 0.15) is 37.3 Å². The minimum Gasteiger partial charge on any atom is -0.444 e. The monoisotopic (exact) mass is 223 g/mol. The van der Waals surface area contributed by atoms with E-state index in [0.717, 1.165) is 31.3 Å². The highest BCUT2D eigenvalue weighted by atomic mass is 16.4. The van der Waals surface area contributed by atoms with E-state index in [-0.39, 0.29) is 0 Å². The molecule has 16 heavy (non-hydrogen) atoms. The molecule has 2 rings (SSSR count). The molecular formula is C12H21N3O. The van der Waals surface area contributed by atoms with Crippen LogP contribution in [0, 0.1) is 0 Å². The van der Waals surface area contributed by atoms with Crippen molar-refractivity contribution >= 4 is 0 Å². The lowest BCUT2D eigenvalue weighted by Gasteiger charge is -2.29. The second kappa shape index (κ2) is 5.46. The molecule has 1 fully saturated rings. The highest BCUT2D eigenvalue weighted by Crippen LogP contribution is 2.26. The van der Waals surface area contributed by atoms with E-state index in [0.29, 0.717) is 5.92 Å². The molecule has 0 radical (unpaired) electrons. The molecule has 1 aromatic rings. The quantitative estimate of drug-likeness (QED) is 0.841. The van der Waals surface area contributed by atoms with E-state index < -0.39 is 0 Å². The van der Waals surface area contributed by atoms with Gasteiger partial charge in [-0.2, -0.15) is 0 Å². The van der Waals surface area contributed by atoms with Crippen LogP contribution in [0.5, 0.6) is 0 Å². The summed E-state index contributed by atoms with van der Waals surface area (Å²) in [7, 11) is 1.92. The Hall–Kier alpha value is -0.870. The normalized spacial score (nSPS) is 22.5. The predicted molar refractivity (Wildman–Crippen MR) is 63.4 cm³/mol. The molecule has 4 heteroatoms. The average molecular weight is 223 g/mol. The maximum absolute atomic E-state index is 5.76. The minimum absolute atomic E-state index is 0.485. The lowest BCUT2D eigenvalue weighted by Crippen LogP contribution is -2.34. The minimum atomic E-state index is 0.485. The molecule has 0 amide bonds. The topological polar surface area (TPSA) is 41.3 Å². The first-order chi connectivity index (χ1) is 7.83. The molecule has 0 saturated carbocycles. The van der Waals surface area contributed by atoms with E-state index in [1.54, 1.807) is 0 Å². The van der Waals surface area contributed by atoms with Crippen LogP contribution >= 0.6 is 0 Å². The summed E-state index contributed by atoms with van der Waals surface area (Å²) < 4.78 is 5.76. The summed E-state index contributed by atoms with van der Waals surface area (Å²) in [5, 5.41) is 3.08. The first-order valence-corrected chi connectivity index (χ1v) is 6.15. The van der Waals surface area contributed by atoms with Crippen LogP contribution in [0.4, 0.5) is 0 Å². The Balaban J connectivity index is 1.99. The molecule has 1 aliphatic heterocycles. The molecule has 4 nitrogen and oxygen atoms in total. The third-order valence-electron chi connectivity index (χ3n) is 3.22. The van der Waals surface area contributed by atoms with E-state index in [4.69, 9.17) is 4.42 Å². The van der Waals surface area contributed by atoms with Crippen LogP contribution in [0.2, 0.25) is 0 Å². The van der Waals surface area contributed by atoms with Gasteiger partial charge < -0.3 is 14.6 Å². The van der Waals surface area contributed by atoms with Crippen molar-refractivity contribution in [2.75, 3.05) is 26.7 Å². The van der Waals surface area contributed by atoms with Crippen LogP contribution in [0.25, 0.3) is 0 Å². The largest absolute Gasteiger partial charge is 0.444 e. The molecule has 1 unspecified atom stereocenters. The first kappa shape index (κ1) is 11.6. The fraction of sp³-hybridized carbons (Fsp3) is 0.750. The summed E-state index contributed by atoms with van der Waals surface area (Å²) in [4.78, 5) is 6.86.